The number of nitrogens with zero attached hydrogens (tertiary/aromatic N) is 4. The minimum atomic E-state index is 0.929. The van der Waals surface area contributed by atoms with Crippen LogP contribution in [0.3, 0.4) is 0 Å². The highest BCUT2D eigenvalue weighted by molar-refractivity contribution is 7.27. The quantitative estimate of drug-likeness (QED) is 0.230. The van der Waals surface area contributed by atoms with Crippen LogP contribution < -0.4 is 0 Å². The van der Waals surface area contributed by atoms with Gasteiger partial charge in [-0.2, -0.15) is 0 Å². The van der Waals surface area contributed by atoms with Crippen LogP contribution in [0.4, 0.5) is 0 Å². The molecule has 0 aliphatic heterocycles. The summed E-state index contributed by atoms with van der Waals surface area (Å²) in [5.74, 6) is 0.929. The molecule has 9 rings (SSSR count). The lowest BCUT2D eigenvalue weighted by molar-refractivity contribution is 1.08. The number of rotatable bonds is 2. The maximum Gasteiger partial charge on any atom is 0.159 e. The second kappa shape index (κ2) is 7.76. The van der Waals surface area contributed by atoms with Gasteiger partial charge in [0.15, 0.2) is 5.82 Å². The Labute approximate surface area is 227 Å². The van der Waals surface area contributed by atoms with Crippen LogP contribution in [0.5, 0.6) is 0 Å². The van der Waals surface area contributed by atoms with Crippen LogP contribution in [-0.2, 0) is 0 Å². The molecule has 0 aliphatic carbocycles. The van der Waals surface area contributed by atoms with Gasteiger partial charge in [0, 0.05) is 37.3 Å². The summed E-state index contributed by atoms with van der Waals surface area (Å²) in [4.78, 5) is 9.73. The summed E-state index contributed by atoms with van der Waals surface area (Å²) in [6.07, 6.45) is 1.71. The van der Waals surface area contributed by atoms with E-state index in [1.165, 1.54) is 42.7 Å². The van der Waals surface area contributed by atoms with Gasteiger partial charge in [0.1, 0.15) is 6.33 Å². The minimum absolute atomic E-state index is 0.929. The van der Waals surface area contributed by atoms with Crippen molar-refractivity contribution in [3.8, 4) is 11.5 Å². The third-order valence-corrected chi connectivity index (χ3v) is 9.05. The highest BCUT2D eigenvalue weighted by Crippen LogP contribution is 2.44. The molecule has 5 heteroatoms. The first-order valence-corrected chi connectivity index (χ1v) is 13.8. The second-order valence-corrected chi connectivity index (χ2v) is 10.9. The van der Waals surface area contributed by atoms with Crippen molar-refractivity contribution >= 4 is 75.3 Å². The molecule has 39 heavy (non-hydrogen) atoms. The molecule has 0 fully saturated rings. The predicted molar refractivity (Wildman–Crippen MR) is 164 cm³/mol. The van der Waals surface area contributed by atoms with Crippen LogP contribution in [0, 0.1) is 0 Å². The number of benzene rings is 5. The van der Waals surface area contributed by atoms with Crippen molar-refractivity contribution in [3.63, 3.8) is 0 Å². The Morgan fingerprint density at radius 1 is 0.462 bits per heavy atom. The van der Waals surface area contributed by atoms with Crippen molar-refractivity contribution < 1.29 is 0 Å². The first-order chi connectivity index (χ1) is 19.4. The van der Waals surface area contributed by atoms with Crippen LogP contribution in [0.25, 0.3) is 75.4 Å². The van der Waals surface area contributed by atoms with Crippen LogP contribution >= 0.6 is 11.3 Å². The van der Waals surface area contributed by atoms with Crippen molar-refractivity contribution in [3.05, 3.63) is 122 Å². The fraction of sp³-hybridized carbons (Fsp3) is 0. The molecule has 4 nitrogen and oxygen atoms in total. The molecule has 0 amide bonds. The number of thiophene rings is 1. The van der Waals surface area contributed by atoms with Crippen molar-refractivity contribution in [1.82, 2.24) is 19.1 Å². The largest absolute Gasteiger partial charge is 0.309 e. The Balaban J connectivity index is 1.44. The molecule has 0 saturated carbocycles. The summed E-state index contributed by atoms with van der Waals surface area (Å²) in [5, 5.41) is 6.15. The number of para-hydroxylation sites is 4. The molecule has 4 heterocycles. The van der Waals surface area contributed by atoms with Gasteiger partial charge in [0.05, 0.1) is 32.3 Å². The van der Waals surface area contributed by atoms with E-state index < -0.39 is 0 Å². The fourth-order valence-corrected chi connectivity index (χ4v) is 7.53. The van der Waals surface area contributed by atoms with Crippen LogP contribution in [0.2, 0.25) is 0 Å². The van der Waals surface area contributed by atoms with Crippen molar-refractivity contribution in [2.75, 3.05) is 0 Å². The SMILES string of the molecule is c1ccc(-n2c3ccccc3c3c4sc5c(-n6c7ccccc7c7ccccc76)ncnc5c4ccc32)cc1. The molecule has 0 unspecified atom stereocenters. The van der Waals surface area contributed by atoms with Gasteiger partial charge in [-0.25, -0.2) is 9.97 Å². The number of aromatic nitrogens is 4. The summed E-state index contributed by atoms with van der Waals surface area (Å²) < 4.78 is 7.02. The summed E-state index contributed by atoms with van der Waals surface area (Å²) in [5.41, 5.74) is 6.88. The topological polar surface area (TPSA) is 35.6 Å². The van der Waals surface area contributed by atoms with Gasteiger partial charge in [-0.05, 0) is 42.5 Å². The molecule has 9 aromatic rings. The summed E-state index contributed by atoms with van der Waals surface area (Å²) >= 11 is 1.80. The summed E-state index contributed by atoms with van der Waals surface area (Å²) in [7, 11) is 0. The lowest BCUT2D eigenvalue weighted by Gasteiger charge is -2.07. The molecule has 0 radical (unpaired) electrons. The summed E-state index contributed by atoms with van der Waals surface area (Å²) in [6, 6.07) is 41.0. The number of hydrogen-bond donors (Lipinski definition) is 0. The third-order valence-electron chi connectivity index (χ3n) is 7.84. The number of fused-ring (bicyclic) bond motifs is 10. The first kappa shape index (κ1) is 21.0. The average Bonchev–Trinajstić information content (AvgIpc) is 3.65. The van der Waals surface area contributed by atoms with Gasteiger partial charge in [0.25, 0.3) is 0 Å². The molecule has 4 aromatic heterocycles. The van der Waals surface area contributed by atoms with Crippen molar-refractivity contribution in [1.29, 1.82) is 0 Å². The average molecular weight is 517 g/mol. The van der Waals surface area contributed by atoms with Gasteiger partial charge in [-0.3, -0.25) is 4.57 Å². The molecule has 0 saturated heterocycles. The predicted octanol–water partition coefficient (Wildman–Crippen LogP) is 9.04. The Kier molecular flexibility index (Phi) is 4.18. The lowest BCUT2D eigenvalue weighted by atomic mass is 10.1. The Morgan fingerprint density at radius 3 is 1.79 bits per heavy atom. The zero-order valence-corrected chi connectivity index (χ0v) is 21.6. The van der Waals surface area contributed by atoms with Crippen LogP contribution in [0.15, 0.2) is 122 Å². The van der Waals surface area contributed by atoms with E-state index in [-0.39, 0.29) is 0 Å². The second-order valence-electron chi connectivity index (χ2n) is 9.87. The Morgan fingerprint density at radius 2 is 1.08 bits per heavy atom. The van der Waals surface area contributed by atoms with Gasteiger partial charge in [-0.15, -0.1) is 11.3 Å². The van der Waals surface area contributed by atoms with Crippen molar-refractivity contribution in [2.24, 2.45) is 0 Å². The first-order valence-electron chi connectivity index (χ1n) is 13.0. The maximum atomic E-state index is 4.90. The third kappa shape index (κ3) is 2.77. The molecule has 0 atom stereocenters. The number of hydrogen-bond acceptors (Lipinski definition) is 3. The smallest absolute Gasteiger partial charge is 0.159 e. The lowest BCUT2D eigenvalue weighted by Crippen LogP contribution is -1.98. The van der Waals surface area contributed by atoms with Crippen molar-refractivity contribution in [2.45, 2.75) is 0 Å². The van der Waals surface area contributed by atoms with Gasteiger partial charge in [0.2, 0.25) is 0 Å². The zero-order chi connectivity index (χ0) is 25.5. The van der Waals surface area contributed by atoms with Crippen LogP contribution in [-0.4, -0.2) is 19.1 Å². The van der Waals surface area contributed by atoms with Gasteiger partial charge < -0.3 is 4.57 Å². The van der Waals surface area contributed by atoms with Crippen LogP contribution in [0.1, 0.15) is 0 Å². The molecular formula is C34H20N4S. The van der Waals surface area contributed by atoms with E-state index >= 15 is 0 Å². The molecule has 0 bridgehead atoms. The maximum absolute atomic E-state index is 4.90. The fourth-order valence-electron chi connectivity index (χ4n) is 6.24. The molecule has 182 valence electrons. The Hall–Kier alpha value is -5.00. The van der Waals surface area contributed by atoms with E-state index in [0.717, 1.165) is 32.8 Å². The molecule has 0 N–H and O–H groups in total. The molecular weight excluding hydrogens is 496 g/mol. The minimum Gasteiger partial charge on any atom is -0.309 e. The molecule has 0 aliphatic rings. The standard InChI is InChI=1S/C34H20N4S/c1-2-10-21(11-3-1)37-28-17-9-6-14-24(28)30-29(37)19-18-25-31-33(39-32(25)30)34(36-20-35-31)38-26-15-7-4-12-22(26)23-13-5-8-16-27(23)38/h1-20H. The van der Waals surface area contributed by atoms with E-state index in [9.17, 15) is 0 Å². The monoisotopic (exact) mass is 516 g/mol. The normalized spacial score (nSPS) is 12.1. The van der Waals surface area contributed by atoms with E-state index in [1.807, 2.05) is 0 Å². The van der Waals surface area contributed by atoms with E-state index in [4.69, 9.17) is 9.97 Å². The molecule has 0 spiro atoms. The Bertz CT molecular complexity index is 2340. The molecule has 5 aromatic carbocycles. The highest BCUT2D eigenvalue weighted by Gasteiger charge is 2.21. The summed E-state index contributed by atoms with van der Waals surface area (Å²) in [6.45, 7) is 0. The van der Waals surface area contributed by atoms with E-state index in [2.05, 4.69) is 124 Å². The van der Waals surface area contributed by atoms with E-state index in [0.29, 0.717) is 0 Å². The van der Waals surface area contributed by atoms with E-state index in [1.54, 1.807) is 17.7 Å². The highest BCUT2D eigenvalue weighted by atomic mass is 32.1. The zero-order valence-electron chi connectivity index (χ0n) is 20.7. The van der Waals surface area contributed by atoms with Gasteiger partial charge in [-0.1, -0.05) is 72.8 Å². The van der Waals surface area contributed by atoms with Gasteiger partial charge >= 0.3 is 0 Å².